The lowest BCUT2D eigenvalue weighted by Crippen LogP contribution is -2.38. The van der Waals surface area contributed by atoms with Gasteiger partial charge in [0.15, 0.2) is 0 Å². The molecule has 1 aromatic rings. The number of hydrogen-bond donors (Lipinski definition) is 1. The van der Waals surface area contributed by atoms with E-state index < -0.39 is 0 Å². The van der Waals surface area contributed by atoms with Gasteiger partial charge >= 0.3 is 0 Å². The van der Waals surface area contributed by atoms with Gasteiger partial charge < -0.3 is 10.1 Å². The number of carbonyl (C=O) groups is 1. The highest BCUT2D eigenvalue weighted by atomic mass is 16.5. The van der Waals surface area contributed by atoms with E-state index in [1.807, 2.05) is 0 Å². The molecule has 1 saturated heterocycles. The highest BCUT2D eigenvalue weighted by Gasteiger charge is 2.26. The Labute approximate surface area is 75.9 Å². The van der Waals surface area contributed by atoms with E-state index in [0.717, 1.165) is 6.42 Å². The normalized spacial score (nSPS) is 20.5. The highest BCUT2D eigenvalue weighted by molar-refractivity contribution is 5.94. The minimum absolute atomic E-state index is 0.0840. The van der Waals surface area contributed by atoms with Crippen LogP contribution in [0, 0.1) is 0 Å². The van der Waals surface area contributed by atoms with Crippen molar-refractivity contribution in [2.45, 2.75) is 12.5 Å². The van der Waals surface area contributed by atoms with E-state index >= 15 is 0 Å². The van der Waals surface area contributed by atoms with E-state index in [-0.39, 0.29) is 12.0 Å². The fourth-order valence-corrected chi connectivity index (χ4v) is 1.10. The molecule has 0 radical (unpaired) electrons. The first-order chi connectivity index (χ1) is 6.36. The van der Waals surface area contributed by atoms with Crippen molar-refractivity contribution >= 4 is 11.6 Å². The summed E-state index contributed by atoms with van der Waals surface area (Å²) in [5, 5.41) is 2.72. The monoisotopic (exact) mass is 178 g/mol. The summed E-state index contributed by atoms with van der Waals surface area (Å²) in [6.07, 6.45) is 3.82. The summed E-state index contributed by atoms with van der Waals surface area (Å²) < 4.78 is 5.03. The molecule has 2 heterocycles. The second kappa shape index (κ2) is 3.53. The third-order valence-electron chi connectivity index (χ3n) is 1.92. The maximum atomic E-state index is 11.3. The van der Waals surface area contributed by atoms with Crippen LogP contribution in [0.3, 0.4) is 0 Å². The van der Waals surface area contributed by atoms with Crippen molar-refractivity contribution in [1.82, 2.24) is 4.98 Å². The number of pyridine rings is 1. The minimum Gasteiger partial charge on any atom is -0.368 e. The van der Waals surface area contributed by atoms with Crippen molar-refractivity contribution in [2.24, 2.45) is 0 Å². The smallest absolute Gasteiger partial charge is 0.253 e. The van der Waals surface area contributed by atoms with Crippen LogP contribution in [0.1, 0.15) is 6.42 Å². The summed E-state index contributed by atoms with van der Waals surface area (Å²) in [6, 6.07) is 3.57. The third kappa shape index (κ3) is 1.84. The predicted octanol–water partition coefficient (Wildman–Crippen LogP) is 0.809. The van der Waals surface area contributed by atoms with Crippen molar-refractivity contribution in [3.05, 3.63) is 24.5 Å². The molecule has 4 heteroatoms. The lowest BCUT2D eigenvalue weighted by molar-refractivity contribution is -0.139. The van der Waals surface area contributed by atoms with Crippen molar-refractivity contribution in [2.75, 3.05) is 11.9 Å². The molecular weight excluding hydrogens is 168 g/mol. The topological polar surface area (TPSA) is 51.2 Å². The standard InChI is InChI=1S/C9H10N2O2/c12-9(8-3-5-13-8)11-7-2-1-4-10-6-7/h1-2,4,6,8H,3,5H2,(H,11,12). The quantitative estimate of drug-likeness (QED) is 0.729. The van der Waals surface area contributed by atoms with Crippen LogP contribution < -0.4 is 5.32 Å². The summed E-state index contributed by atoms with van der Waals surface area (Å²) >= 11 is 0. The molecule has 2 rings (SSSR count). The van der Waals surface area contributed by atoms with Crippen LogP contribution in [-0.2, 0) is 9.53 Å². The Hall–Kier alpha value is -1.42. The number of carbonyl (C=O) groups excluding carboxylic acids is 1. The Bertz CT molecular complexity index is 296. The fourth-order valence-electron chi connectivity index (χ4n) is 1.10. The zero-order valence-electron chi connectivity index (χ0n) is 7.06. The van der Waals surface area contributed by atoms with Gasteiger partial charge in [0.2, 0.25) is 0 Å². The van der Waals surface area contributed by atoms with Crippen LogP contribution in [0.5, 0.6) is 0 Å². The molecular formula is C9H10N2O2. The van der Waals surface area contributed by atoms with Crippen molar-refractivity contribution in [3.8, 4) is 0 Å². The van der Waals surface area contributed by atoms with E-state index in [0.29, 0.717) is 12.3 Å². The third-order valence-corrected chi connectivity index (χ3v) is 1.92. The Morgan fingerprint density at radius 2 is 2.54 bits per heavy atom. The zero-order valence-corrected chi connectivity index (χ0v) is 7.06. The van der Waals surface area contributed by atoms with Gasteiger partial charge in [-0.15, -0.1) is 0 Å². The van der Waals surface area contributed by atoms with Gasteiger partial charge in [-0.05, 0) is 12.1 Å². The Morgan fingerprint density at radius 3 is 3.08 bits per heavy atom. The summed E-state index contributed by atoms with van der Waals surface area (Å²) in [7, 11) is 0. The Morgan fingerprint density at radius 1 is 1.69 bits per heavy atom. The van der Waals surface area contributed by atoms with Crippen molar-refractivity contribution < 1.29 is 9.53 Å². The number of rotatable bonds is 2. The minimum atomic E-state index is -0.264. The number of nitrogens with one attached hydrogen (secondary N) is 1. The molecule has 0 bridgehead atoms. The van der Waals surface area contributed by atoms with Gasteiger partial charge in [0.05, 0.1) is 18.5 Å². The largest absolute Gasteiger partial charge is 0.368 e. The number of hydrogen-bond acceptors (Lipinski definition) is 3. The van der Waals surface area contributed by atoms with Gasteiger partial charge in [0, 0.05) is 12.6 Å². The summed E-state index contributed by atoms with van der Waals surface area (Å²) in [6.45, 7) is 0.686. The maximum absolute atomic E-state index is 11.3. The summed E-state index contributed by atoms with van der Waals surface area (Å²) in [4.78, 5) is 15.2. The average Bonchev–Trinajstić information content (AvgIpc) is 2.02. The number of aromatic nitrogens is 1. The molecule has 0 saturated carbocycles. The molecule has 1 aliphatic heterocycles. The first-order valence-electron chi connectivity index (χ1n) is 4.19. The maximum Gasteiger partial charge on any atom is 0.253 e. The molecule has 0 aliphatic carbocycles. The summed E-state index contributed by atoms with van der Waals surface area (Å²) in [5.41, 5.74) is 0.711. The molecule has 1 amide bonds. The molecule has 0 spiro atoms. The molecule has 1 fully saturated rings. The number of ether oxygens (including phenoxy) is 1. The van der Waals surface area contributed by atoms with Gasteiger partial charge in [0.1, 0.15) is 6.10 Å². The second-order valence-corrected chi connectivity index (χ2v) is 2.88. The van der Waals surface area contributed by atoms with E-state index in [9.17, 15) is 4.79 Å². The van der Waals surface area contributed by atoms with E-state index in [1.54, 1.807) is 24.5 Å². The van der Waals surface area contributed by atoms with Crippen LogP contribution in [0.25, 0.3) is 0 Å². The highest BCUT2D eigenvalue weighted by Crippen LogP contribution is 2.13. The predicted molar refractivity (Wildman–Crippen MR) is 47.2 cm³/mol. The molecule has 4 nitrogen and oxygen atoms in total. The van der Waals surface area contributed by atoms with Gasteiger partial charge in [-0.25, -0.2) is 0 Å². The SMILES string of the molecule is O=C(Nc1cccnc1)C1CCO1. The van der Waals surface area contributed by atoms with Crippen LogP contribution in [0.2, 0.25) is 0 Å². The molecule has 1 N–H and O–H groups in total. The lowest BCUT2D eigenvalue weighted by Gasteiger charge is -2.24. The lowest BCUT2D eigenvalue weighted by atomic mass is 10.2. The number of nitrogens with zero attached hydrogens (tertiary/aromatic N) is 1. The van der Waals surface area contributed by atoms with Crippen LogP contribution in [0.15, 0.2) is 24.5 Å². The van der Waals surface area contributed by atoms with Crippen molar-refractivity contribution in [3.63, 3.8) is 0 Å². The van der Waals surface area contributed by atoms with Gasteiger partial charge in [-0.2, -0.15) is 0 Å². The average molecular weight is 178 g/mol. The van der Waals surface area contributed by atoms with Crippen LogP contribution in [-0.4, -0.2) is 23.6 Å². The van der Waals surface area contributed by atoms with Crippen molar-refractivity contribution in [1.29, 1.82) is 0 Å². The molecule has 13 heavy (non-hydrogen) atoms. The number of anilines is 1. The summed E-state index contributed by atoms with van der Waals surface area (Å²) in [5.74, 6) is -0.0840. The van der Waals surface area contributed by atoms with E-state index in [4.69, 9.17) is 4.74 Å². The van der Waals surface area contributed by atoms with Gasteiger partial charge in [0.25, 0.3) is 5.91 Å². The number of amides is 1. The Balaban J connectivity index is 1.94. The first-order valence-corrected chi connectivity index (χ1v) is 4.19. The Kier molecular flexibility index (Phi) is 2.23. The zero-order chi connectivity index (χ0) is 9.10. The van der Waals surface area contributed by atoms with Gasteiger partial charge in [-0.3, -0.25) is 9.78 Å². The molecule has 0 aromatic carbocycles. The fraction of sp³-hybridized carbons (Fsp3) is 0.333. The molecule has 1 atom stereocenters. The first kappa shape index (κ1) is 8.19. The van der Waals surface area contributed by atoms with Gasteiger partial charge in [-0.1, -0.05) is 0 Å². The molecule has 1 aromatic heterocycles. The molecule has 1 aliphatic rings. The molecule has 1 unspecified atom stereocenters. The molecule has 68 valence electrons. The van der Waals surface area contributed by atoms with Crippen LogP contribution >= 0.6 is 0 Å². The van der Waals surface area contributed by atoms with E-state index in [2.05, 4.69) is 10.3 Å². The second-order valence-electron chi connectivity index (χ2n) is 2.88. The van der Waals surface area contributed by atoms with E-state index in [1.165, 1.54) is 0 Å². The van der Waals surface area contributed by atoms with Crippen LogP contribution in [0.4, 0.5) is 5.69 Å².